The SMILES string of the molecule is C=C(NC)N(C(=O)NC1CC1)c1ccc(I)cc1F. The standard InChI is InChI=1S/C13H15FIN3O/c1-8(16-2)18(13(19)17-10-4-5-10)12-6-3-9(15)7-11(12)14/h3,6-7,10,16H,1,4-5H2,2H3,(H,17,19). The molecule has 0 atom stereocenters. The van der Waals surface area contributed by atoms with Crippen molar-refractivity contribution in [3.05, 3.63) is 40.0 Å². The minimum absolute atomic E-state index is 0.193. The van der Waals surface area contributed by atoms with Crippen molar-refractivity contribution in [1.82, 2.24) is 10.6 Å². The first kappa shape index (κ1) is 14.1. The van der Waals surface area contributed by atoms with Crippen LogP contribution in [0, 0.1) is 9.39 Å². The normalized spacial score (nSPS) is 13.8. The lowest BCUT2D eigenvalue weighted by atomic mass is 10.3. The molecule has 0 saturated heterocycles. The largest absolute Gasteiger partial charge is 0.375 e. The van der Waals surface area contributed by atoms with Crippen molar-refractivity contribution < 1.29 is 9.18 Å². The summed E-state index contributed by atoms with van der Waals surface area (Å²) in [6, 6.07) is 4.55. The predicted octanol–water partition coefficient (Wildman–Crippen LogP) is 2.80. The van der Waals surface area contributed by atoms with E-state index >= 15 is 0 Å². The summed E-state index contributed by atoms with van der Waals surface area (Å²) in [5.74, 6) is -0.118. The second-order valence-corrected chi connectivity index (χ2v) is 5.60. The second-order valence-electron chi connectivity index (χ2n) is 4.35. The smallest absolute Gasteiger partial charge is 0.327 e. The Morgan fingerprint density at radius 2 is 2.21 bits per heavy atom. The van der Waals surface area contributed by atoms with Crippen LogP contribution in [0.5, 0.6) is 0 Å². The molecule has 0 unspecified atom stereocenters. The summed E-state index contributed by atoms with van der Waals surface area (Å²) in [4.78, 5) is 13.4. The Hall–Kier alpha value is -1.31. The van der Waals surface area contributed by atoms with Gasteiger partial charge in [-0.2, -0.15) is 0 Å². The van der Waals surface area contributed by atoms with E-state index in [0.29, 0.717) is 5.82 Å². The Bertz CT molecular complexity index is 517. The van der Waals surface area contributed by atoms with E-state index in [9.17, 15) is 9.18 Å². The predicted molar refractivity (Wildman–Crippen MR) is 81.3 cm³/mol. The Morgan fingerprint density at radius 3 is 2.74 bits per heavy atom. The molecule has 1 saturated carbocycles. The quantitative estimate of drug-likeness (QED) is 0.796. The van der Waals surface area contributed by atoms with Crippen LogP contribution in [0.3, 0.4) is 0 Å². The van der Waals surface area contributed by atoms with E-state index in [1.165, 1.54) is 11.0 Å². The van der Waals surface area contributed by atoms with Crippen molar-refractivity contribution in [1.29, 1.82) is 0 Å². The molecule has 4 nitrogen and oxygen atoms in total. The van der Waals surface area contributed by atoms with Crippen LogP contribution in [-0.2, 0) is 0 Å². The zero-order valence-electron chi connectivity index (χ0n) is 10.5. The summed E-state index contributed by atoms with van der Waals surface area (Å²) in [5, 5.41) is 5.61. The van der Waals surface area contributed by atoms with E-state index in [2.05, 4.69) is 17.2 Å². The lowest BCUT2D eigenvalue weighted by Gasteiger charge is -2.25. The van der Waals surface area contributed by atoms with E-state index in [1.54, 1.807) is 19.2 Å². The van der Waals surface area contributed by atoms with Gasteiger partial charge in [-0.3, -0.25) is 0 Å². The van der Waals surface area contributed by atoms with Crippen LogP contribution < -0.4 is 15.5 Å². The van der Waals surface area contributed by atoms with Gasteiger partial charge >= 0.3 is 6.03 Å². The molecule has 1 aliphatic carbocycles. The van der Waals surface area contributed by atoms with Crippen LogP contribution in [0.1, 0.15) is 12.8 Å². The van der Waals surface area contributed by atoms with Crippen molar-refractivity contribution in [3.8, 4) is 0 Å². The fourth-order valence-electron chi connectivity index (χ4n) is 1.62. The number of amides is 2. The van der Waals surface area contributed by atoms with Gasteiger partial charge in [0.1, 0.15) is 11.6 Å². The minimum Gasteiger partial charge on any atom is -0.375 e. The summed E-state index contributed by atoms with van der Waals surface area (Å²) < 4.78 is 14.8. The van der Waals surface area contributed by atoms with Gasteiger partial charge in [-0.05, 0) is 53.6 Å². The second kappa shape index (κ2) is 5.77. The summed E-state index contributed by atoms with van der Waals surface area (Å²) in [6.45, 7) is 3.75. The number of carbonyl (C=O) groups is 1. The molecule has 19 heavy (non-hydrogen) atoms. The zero-order chi connectivity index (χ0) is 14.0. The van der Waals surface area contributed by atoms with Crippen molar-refractivity contribution in [2.45, 2.75) is 18.9 Å². The molecule has 2 amide bonds. The van der Waals surface area contributed by atoms with Crippen molar-refractivity contribution in [2.75, 3.05) is 11.9 Å². The third kappa shape index (κ3) is 3.37. The number of nitrogens with one attached hydrogen (secondary N) is 2. The molecule has 0 aliphatic heterocycles. The number of nitrogens with zero attached hydrogens (tertiary/aromatic N) is 1. The Morgan fingerprint density at radius 1 is 1.53 bits per heavy atom. The first-order valence-electron chi connectivity index (χ1n) is 5.95. The molecular formula is C13H15FIN3O. The van der Waals surface area contributed by atoms with Crippen molar-refractivity contribution >= 4 is 34.3 Å². The molecule has 1 fully saturated rings. The van der Waals surface area contributed by atoms with Crippen LogP contribution in [0.2, 0.25) is 0 Å². The highest BCUT2D eigenvalue weighted by atomic mass is 127. The molecule has 102 valence electrons. The van der Waals surface area contributed by atoms with Gasteiger partial charge in [0.05, 0.1) is 5.69 Å². The topological polar surface area (TPSA) is 44.4 Å². The van der Waals surface area contributed by atoms with Crippen LogP contribution >= 0.6 is 22.6 Å². The number of hydrogen-bond donors (Lipinski definition) is 2. The summed E-state index contributed by atoms with van der Waals surface area (Å²) in [7, 11) is 1.64. The Balaban J connectivity index is 2.30. The highest BCUT2D eigenvalue weighted by molar-refractivity contribution is 14.1. The van der Waals surface area contributed by atoms with Gasteiger partial charge < -0.3 is 10.6 Å². The van der Waals surface area contributed by atoms with Gasteiger partial charge in [0.15, 0.2) is 0 Å². The Kier molecular flexibility index (Phi) is 4.28. The maximum absolute atomic E-state index is 14.0. The molecule has 1 aromatic rings. The number of urea groups is 1. The van der Waals surface area contributed by atoms with Gasteiger partial charge in [-0.15, -0.1) is 0 Å². The van der Waals surface area contributed by atoms with E-state index in [0.717, 1.165) is 16.4 Å². The van der Waals surface area contributed by atoms with E-state index in [1.807, 2.05) is 22.6 Å². The van der Waals surface area contributed by atoms with Gasteiger partial charge in [0, 0.05) is 16.7 Å². The maximum Gasteiger partial charge on any atom is 0.327 e. The van der Waals surface area contributed by atoms with Crippen LogP contribution in [0.4, 0.5) is 14.9 Å². The zero-order valence-corrected chi connectivity index (χ0v) is 12.7. The number of carbonyl (C=O) groups excluding carboxylic acids is 1. The summed E-state index contributed by atoms with van der Waals surface area (Å²) in [6.07, 6.45) is 1.95. The summed E-state index contributed by atoms with van der Waals surface area (Å²) >= 11 is 2.02. The first-order valence-corrected chi connectivity index (χ1v) is 7.03. The average Bonchev–Trinajstić information content (AvgIpc) is 3.15. The highest BCUT2D eigenvalue weighted by Crippen LogP contribution is 2.25. The van der Waals surface area contributed by atoms with E-state index < -0.39 is 5.82 Å². The monoisotopic (exact) mass is 375 g/mol. The third-order valence-corrected chi connectivity index (χ3v) is 3.49. The molecule has 0 heterocycles. The molecule has 2 N–H and O–H groups in total. The third-order valence-electron chi connectivity index (χ3n) is 2.82. The first-order chi connectivity index (χ1) is 9.02. The molecule has 0 radical (unpaired) electrons. The lowest BCUT2D eigenvalue weighted by Crippen LogP contribution is -2.43. The molecule has 1 aromatic carbocycles. The van der Waals surface area contributed by atoms with Crippen molar-refractivity contribution in [2.24, 2.45) is 0 Å². The van der Waals surface area contributed by atoms with Gasteiger partial charge in [-0.25, -0.2) is 14.1 Å². The number of anilines is 1. The molecule has 0 bridgehead atoms. The van der Waals surface area contributed by atoms with Crippen LogP contribution in [0.25, 0.3) is 0 Å². The summed E-state index contributed by atoms with van der Waals surface area (Å²) in [5.41, 5.74) is 0.193. The number of hydrogen-bond acceptors (Lipinski definition) is 2. The van der Waals surface area contributed by atoms with Gasteiger partial charge in [0.25, 0.3) is 0 Å². The van der Waals surface area contributed by atoms with Crippen LogP contribution in [0.15, 0.2) is 30.6 Å². The molecule has 0 aromatic heterocycles. The fraction of sp³-hybridized carbons (Fsp3) is 0.308. The molecule has 2 rings (SSSR count). The average molecular weight is 375 g/mol. The van der Waals surface area contributed by atoms with Gasteiger partial charge in [-0.1, -0.05) is 6.58 Å². The molecule has 0 spiro atoms. The number of benzene rings is 1. The van der Waals surface area contributed by atoms with Crippen LogP contribution in [-0.4, -0.2) is 19.1 Å². The fourth-order valence-corrected chi connectivity index (χ4v) is 2.07. The lowest BCUT2D eigenvalue weighted by molar-refractivity contribution is 0.247. The van der Waals surface area contributed by atoms with Crippen molar-refractivity contribution in [3.63, 3.8) is 0 Å². The Labute approximate surface area is 125 Å². The molecule has 1 aliphatic rings. The maximum atomic E-state index is 14.0. The number of rotatable bonds is 4. The molecule has 6 heteroatoms. The minimum atomic E-state index is -0.450. The molecular weight excluding hydrogens is 360 g/mol. The van der Waals surface area contributed by atoms with Gasteiger partial charge in [0.2, 0.25) is 0 Å². The van der Waals surface area contributed by atoms with E-state index in [-0.39, 0.29) is 17.8 Å². The number of halogens is 2. The highest BCUT2D eigenvalue weighted by Gasteiger charge is 2.28. The van der Waals surface area contributed by atoms with E-state index in [4.69, 9.17) is 0 Å².